The van der Waals surface area contributed by atoms with Gasteiger partial charge in [-0.1, -0.05) is 31.9 Å². The molecule has 160 valence electrons. The maximum absolute atomic E-state index is 12.9. The molecular weight excluding hydrogens is 409 g/mol. The zero-order valence-electron chi connectivity index (χ0n) is 15.8. The summed E-state index contributed by atoms with van der Waals surface area (Å²) in [5.41, 5.74) is -3.39. The Morgan fingerprint density at radius 3 is 1.97 bits per heavy atom. The van der Waals surface area contributed by atoms with Crippen molar-refractivity contribution in [3.05, 3.63) is 73.3 Å². The van der Waals surface area contributed by atoms with Crippen molar-refractivity contribution in [3.63, 3.8) is 0 Å². The van der Waals surface area contributed by atoms with Gasteiger partial charge in [0.25, 0.3) is 5.75 Å². The highest BCUT2D eigenvalue weighted by Crippen LogP contribution is 2.43. The van der Waals surface area contributed by atoms with Crippen molar-refractivity contribution in [2.45, 2.75) is 38.8 Å². The number of esters is 1. The van der Waals surface area contributed by atoms with Crippen molar-refractivity contribution < 1.29 is 32.5 Å². The number of halogens is 3. The highest BCUT2D eigenvalue weighted by atomic mass is 19.4. The number of benzene rings is 2. The number of hydrogen-bond acceptors (Lipinski definition) is 6. The van der Waals surface area contributed by atoms with Gasteiger partial charge in [0.05, 0.1) is 21.0 Å². The first-order valence-corrected chi connectivity index (χ1v) is 8.89. The van der Waals surface area contributed by atoms with Gasteiger partial charge < -0.3 is 4.74 Å². The second-order valence-electron chi connectivity index (χ2n) is 6.40. The quantitative estimate of drug-likeness (QED) is 0.182. The van der Waals surface area contributed by atoms with Crippen LogP contribution in [0.3, 0.4) is 0 Å². The first kappa shape index (κ1) is 22.8. The van der Waals surface area contributed by atoms with Crippen molar-refractivity contribution in [1.82, 2.24) is 0 Å². The average Bonchev–Trinajstić information content (AvgIpc) is 2.67. The molecule has 2 aromatic carbocycles. The van der Waals surface area contributed by atoms with Crippen molar-refractivity contribution in [3.8, 4) is 5.75 Å². The zero-order chi connectivity index (χ0) is 22.5. The topological polar surface area (TPSA) is 113 Å². The minimum atomic E-state index is -5.06. The third kappa shape index (κ3) is 5.52. The van der Waals surface area contributed by atoms with Crippen LogP contribution in [0, 0.1) is 20.2 Å². The van der Waals surface area contributed by atoms with Gasteiger partial charge in [0, 0.05) is 12.1 Å². The second kappa shape index (κ2) is 9.33. The lowest BCUT2D eigenvalue weighted by atomic mass is 10.1. The molecule has 11 heteroatoms. The number of carbonyl (C=O) groups is 1. The minimum absolute atomic E-state index is 0.0577. The monoisotopic (exact) mass is 426 g/mol. The Morgan fingerprint density at radius 2 is 1.53 bits per heavy atom. The summed E-state index contributed by atoms with van der Waals surface area (Å²) < 4.78 is 43.6. The lowest BCUT2D eigenvalue weighted by molar-refractivity contribution is -0.396. The van der Waals surface area contributed by atoms with Gasteiger partial charge >= 0.3 is 23.5 Å². The number of alkyl halides is 3. The molecule has 0 amide bonds. The maximum Gasteiger partial charge on any atom is 0.416 e. The Balaban J connectivity index is 2.37. The van der Waals surface area contributed by atoms with Crippen molar-refractivity contribution in [2.24, 2.45) is 0 Å². The molecule has 30 heavy (non-hydrogen) atoms. The molecule has 0 saturated heterocycles. The number of ether oxygens (including phenoxy) is 1. The third-order valence-electron chi connectivity index (χ3n) is 4.22. The number of nitro benzene ring substituents is 2. The van der Waals surface area contributed by atoms with E-state index in [0.717, 1.165) is 31.2 Å². The molecule has 0 unspecified atom stereocenters. The molecule has 0 radical (unpaired) electrons. The van der Waals surface area contributed by atoms with E-state index in [1.807, 2.05) is 0 Å². The predicted molar refractivity (Wildman–Crippen MR) is 99.4 cm³/mol. The Kier molecular flexibility index (Phi) is 7.09. The van der Waals surface area contributed by atoms with Gasteiger partial charge in [0.2, 0.25) is 0 Å². The van der Waals surface area contributed by atoms with E-state index < -0.39 is 44.7 Å². The van der Waals surface area contributed by atoms with Crippen LogP contribution in [0.4, 0.5) is 24.5 Å². The van der Waals surface area contributed by atoms with Crippen LogP contribution >= 0.6 is 0 Å². The van der Waals surface area contributed by atoms with Gasteiger partial charge in [-0.25, -0.2) is 4.79 Å². The van der Waals surface area contributed by atoms with Crippen molar-refractivity contribution in [2.75, 3.05) is 0 Å². The number of aryl methyl sites for hydroxylation is 1. The largest absolute Gasteiger partial charge is 0.416 e. The summed E-state index contributed by atoms with van der Waals surface area (Å²) in [4.78, 5) is 32.2. The van der Waals surface area contributed by atoms with Crippen molar-refractivity contribution in [1.29, 1.82) is 0 Å². The smallest absolute Gasteiger partial charge is 0.408 e. The first-order chi connectivity index (χ1) is 14.0. The van der Waals surface area contributed by atoms with Crippen LogP contribution in [-0.2, 0) is 12.6 Å². The van der Waals surface area contributed by atoms with E-state index >= 15 is 0 Å². The van der Waals surface area contributed by atoms with Crippen LogP contribution in [0.15, 0.2) is 36.4 Å². The summed E-state index contributed by atoms with van der Waals surface area (Å²) in [5, 5.41) is 22.4. The van der Waals surface area contributed by atoms with Crippen LogP contribution in [0.5, 0.6) is 5.75 Å². The van der Waals surface area contributed by atoms with Crippen LogP contribution in [0.1, 0.15) is 47.7 Å². The molecule has 0 saturated carbocycles. The van der Waals surface area contributed by atoms with Gasteiger partial charge in [-0.3, -0.25) is 20.2 Å². The number of nitro groups is 2. The van der Waals surface area contributed by atoms with Crippen molar-refractivity contribution >= 4 is 17.3 Å². The molecule has 0 atom stereocenters. The zero-order valence-corrected chi connectivity index (χ0v) is 15.8. The molecule has 0 heterocycles. The number of unbranched alkanes of at least 4 members (excludes halogenated alkanes) is 2. The van der Waals surface area contributed by atoms with Crippen LogP contribution in [-0.4, -0.2) is 15.8 Å². The molecule has 0 N–H and O–H groups in total. The Hall–Kier alpha value is -3.50. The molecule has 2 rings (SSSR count). The summed E-state index contributed by atoms with van der Waals surface area (Å²) >= 11 is 0. The molecule has 2 aromatic rings. The Bertz CT molecular complexity index is 923. The Labute approximate surface area is 168 Å². The van der Waals surface area contributed by atoms with E-state index in [-0.39, 0.29) is 17.7 Å². The van der Waals surface area contributed by atoms with Gasteiger partial charge in [-0.05, 0) is 30.5 Å². The molecule has 0 aliphatic carbocycles. The maximum atomic E-state index is 12.9. The molecule has 8 nitrogen and oxygen atoms in total. The third-order valence-corrected chi connectivity index (χ3v) is 4.22. The van der Waals surface area contributed by atoms with E-state index in [2.05, 4.69) is 6.92 Å². The highest BCUT2D eigenvalue weighted by Gasteiger charge is 2.39. The predicted octanol–water partition coefficient (Wildman–Crippen LogP) is 5.47. The number of carbonyl (C=O) groups excluding carboxylic acids is 1. The van der Waals surface area contributed by atoms with E-state index in [4.69, 9.17) is 4.74 Å². The van der Waals surface area contributed by atoms with Gasteiger partial charge in [-0.2, -0.15) is 13.2 Å². The van der Waals surface area contributed by atoms with Crippen LogP contribution in [0.25, 0.3) is 0 Å². The second-order valence-corrected chi connectivity index (χ2v) is 6.40. The van der Waals surface area contributed by atoms with Gasteiger partial charge in [-0.15, -0.1) is 0 Å². The summed E-state index contributed by atoms with van der Waals surface area (Å²) in [7, 11) is 0. The van der Waals surface area contributed by atoms with E-state index in [0.29, 0.717) is 0 Å². The summed E-state index contributed by atoms with van der Waals surface area (Å²) in [6.45, 7) is 2.05. The fourth-order valence-corrected chi connectivity index (χ4v) is 2.68. The minimum Gasteiger partial charge on any atom is -0.408 e. The number of rotatable bonds is 8. The number of hydrogen-bond donors (Lipinski definition) is 0. The standard InChI is InChI=1S/C19H17F3N2O6/c1-2-3-4-5-12-6-8-13(9-7-12)18(25)30-17-15(23(26)27)10-14(19(20,21)22)11-16(17)24(28)29/h6-11H,2-5H2,1H3. The normalized spacial score (nSPS) is 11.2. The fourth-order valence-electron chi connectivity index (χ4n) is 2.68. The summed E-state index contributed by atoms with van der Waals surface area (Å²) in [6.07, 6.45) is -1.27. The van der Waals surface area contributed by atoms with Crippen LogP contribution < -0.4 is 4.74 Å². The molecule has 0 spiro atoms. The molecule has 0 aliphatic heterocycles. The van der Waals surface area contributed by atoms with Crippen LogP contribution in [0.2, 0.25) is 0 Å². The van der Waals surface area contributed by atoms with E-state index in [1.165, 1.54) is 12.1 Å². The lowest BCUT2D eigenvalue weighted by Crippen LogP contribution is -2.13. The SMILES string of the molecule is CCCCCc1ccc(C(=O)Oc2c([N+](=O)[O-])cc(C(F)(F)F)cc2[N+](=O)[O-])cc1. The van der Waals surface area contributed by atoms with Gasteiger partial charge in [0.1, 0.15) is 0 Å². The molecule has 0 bridgehead atoms. The number of nitrogens with zero attached hydrogens (tertiary/aromatic N) is 2. The molecule has 0 aromatic heterocycles. The first-order valence-electron chi connectivity index (χ1n) is 8.89. The van der Waals surface area contributed by atoms with Gasteiger partial charge in [0.15, 0.2) is 0 Å². The summed E-state index contributed by atoms with van der Waals surface area (Å²) in [6, 6.07) is 6.22. The van der Waals surface area contributed by atoms with E-state index in [1.54, 1.807) is 12.1 Å². The molecule has 0 aliphatic rings. The van der Waals surface area contributed by atoms with E-state index in [9.17, 15) is 38.2 Å². The molecule has 0 fully saturated rings. The molecular formula is C19H17F3N2O6. The Morgan fingerprint density at radius 1 is 1.00 bits per heavy atom. The fraction of sp³-hybridized carbons (Fsp3) is 0.316. The average molecular weight is 426 g/mol. The lowest BCUT2D eigenvalue weighted by Gasteiger charge is -2.10. The highest BCUT2D eigenvalue weighted by molar-refractivity contribution is 5.92. The summed E-state index contributed by atoms with van der Waals surface area (Å²) in [5.74, 6) is -2.32.